The van der Waals surface area contributed by atoms with Crippen LogP contribution in [0.5, 0.6) is 0 Å². The van der Waals surface area contributed by atoms with E-state index in [1.54, 1.807) is 19.3 Å². The van der Waals surface area contributed by atoms with E-state index < -0.39 is 10.0 Å². The summed E-state index contributed by atoms with van der Waals surface area (Å²) in [6.45, 7) is 2.21. The molecule has 0 bridgehead atoms. The van der Waals surface area contributed by atoms with E-state index in [4.69, 9.17) is 0 Å². The van der Waals surface area contributed by atoms with Crippen LogP contribution in [-0.2, 0) is 10.0 Å². The first kappa shape index (κ1) is 15.9. The van der Waals surface area contributed by atoms with E-state index in [0.717, 1.165) is 31.6 Å². The van der Waals surface area contributed by atoms with Crippen molar-refractivity contribution in [1.29, 1.82) is 0 Å². The largest absolute Gasteiger partial charge is 0.262 e. The Balaban J connectivity index is 2.14. The number of rotatable bonds is 4. The van der Waals surface area contributed by atoms with Gasteiger partial charge in [-0.25, -0.2) is 8.42 Å². The zero-order chi connectivity index (χ0) is 14.8. The smallest absolute Gasteiger partial charge is 0.244 e. The fourth-order valence-corrected chi connectivity index (χ4v) is 4.73. The van der Waals surface area contributed by atoms with Crippen LogP contribution in [0.15, 0.2) is 27.8 Å². The predicted octanol–water partition coefficient (Wildman–Crippen LogP) is 3.43. The van der Waals surface area contributed by atoms with Crippen LogP contribution in [-0.4, -0.2) is 30.8 Å². The highest BCUT2D eigenvalue weighted by Gasteiger charge is 2.31. The maximum absolute atomic E-state index is 12.6. The van der Waals surface area contributed by atoms with Crippen molar-refractivity contribution < 1.29 is 8.42 Å². The molecule has 0 atom stereocenters. The van der Waals surface area contributed by atoms with Gasteiger partial charge in [-0.3, -0.25) is 4.98 Å². The van der Waals surface area contributed by atoms with Gasteiger partial charge in [-0.2, -0.15) is 4.31 Å². The first-order valence-electron chi connectivity index (χ1n) is 7.03. The van der Waals surface area contributed by atoms with Crippen molar-refractivity contribution in [2.24, 2.45) is 5.92 Å². The highest BCUT2D eigenvalue weighted by atomic mass is 79.9. The molecule has 1 heterocycles. The first-order valence-corrected chi connectivity index (χ1v) is 9.27. The number of hydrogen-bond acceptors (Lipinski definition) is 3. The molecule has 0 saturated heterocycles. The third-order valence-corrected chi connectivity index (χ3v) is 6.57. The van der Waals surface area contributed by atoms with Crippen LogP contribution in [0.4, 0.5) is 0 Å². The molecule has 1 saturated carbocycles. The van der Waals surface area contributed by atoms with Crippen LogP contribution >= 0.6 is 15.9 Å². The number of halogens is 1. The third-order valence-electron chi connectivity index (χ3n) is 4.26. The van der Waals surface area contributed by atoms with E-state index in [1.165, 1.54) is 16.9 Å². The SMILES string of the molecule is CCC1CCC(N(C)S(=O)(=O)c2cncc(Br)c2)CC1. The van der Waals surface area contributed by atoms with Gasteiger partial charge in [0.15, 0.2) is 0 Å². The summed E-state index contributed by atoms with van der Waals surface area (Å²) < 4.78 is 27.4. The van der Waals surface area contributed by atoms with Gasteiger partial charge < -0.3 is 0 Å². The second kappa shape index (κ2) is 6.54. The summed E-state index contributed by atoms with van der Waals surface area (Å²) in [6, 6.07) is 1.72. The second-order valence-electron chi connectivity index (χ2n) is 5.44. The summed E-state index contributed by atoms with van der Waals surface area (Å²) in [5.74, 6) is 0.759. The molecule has 1 fully saturated rings. The molecular formula is C14H21BrN2O2S. The predicted molar refractivity (Wildman–Crippen MR) is 82.9 cm³/mol. The van der Waals surface area contributed by atoms with Gasteiger partial charge in [0, 0.05) is 30.0 Å². The van der Waals surface area contributed by atoms with Crippen LogP contribution in [0.3, 0.4) is 0 Å². The van der Waals surface area contributed by atoms with Gasteiger partial charge in [0.25, 0.3) is 0 Å². The molecule has 4 nitrogen and oxygen atoms in total. The van der Waals surface area contributed by atoms with Crippen molar-refractivity contribution in [3.05, 3.63) is 22.9 Å². The molecule has 0 N–H and O–H groups in total. The van der Waals surface area contributed by atoms with Gasteiger partial charge in [0.2, 0.25) is 10.0 Å². The minimum Gasteiger partial charge on any atom is -0.262 e. The fraction of sp³-hybridized carbons (Fsp3) is 0.643. The average molecular weight is 361 g/mol. The quantitative estimate of drug-likeness (QED) is 0.826. The van der Waals surface area contributed by atoms with Crippen molar-refractivity contribution in [3.8, 4) is 0 Å². The monoisotopic (exact) mass is 360 g/mol. The molecule has 1 aromatic heterocycles. The molecule has 0 aliphatic heterocycles. The minimum atomic E-state index is -3.44. The topological polar surface area (TPSA) is 50.3 Å². The highest BCUT2D eigenvalue weighted by molar-refractivity contribution is 9.10. The van der Waals surface area contributed by atoms with Gasteiger partial charge >= 0.3 is 0 Å². The van der Waals surface area contributed by atoms with Crippen LogP contribution in [0.25, 0.3) is 0 Å². The maximum Gasteiger partial charge on any atom is 0.244 e. The molecule has 112 valence electrons. The van der Waals surface area contributed by atoms with Gasteiger partial charge in [-0.05, 0) is 53.6 Å². The third kappa shape index (κ3) is 3.40. The Kier molecular flexibility index (Phi) is 5.20. The lowest BCUT2D eigenvalue weighted by Crippen LogP contribution is -2.39. The van der Waals surface area contributed by atoms with Crippen molar-refractivity contribution in [3.63, 3.8) is 0 Å². The summed E-state index contributed by atoms with van der Waals surface area (Å²) in [5.41, 5.74) is 0. The lowest BCUT2D eigenvalue weighted by atomic mass is 9.85. The number of nitrogens with zero attached hydrogens (tertiary/aromatic N) is 2. The molecule has 1 aromatic rings. The van der Waals surface area contributed by atoms with E-state index in [-0.39, 0.29) is 10.9 Å². The molecule has 1 aliphatic rings. The molecule has 0 spiro atoms. The van der Waals surface area contributed by atoms with Gasteiger partial charge in [0.05, 0.1) is 0 Å². The molecule has 20 heavy (non-hydrogen) atoms. The number of pyridine rings is 1. The number of sulfonamides is 1. The van der Waals surface area contributed by atoms with Gasteiger partial charge in [-0.15, -0.1) is 0 Å². The summed E-state index contributed by atoms with van der Waals surface area (Å²) in [5, 5.41) is 0. The Labute approximate surface area is 129 Å². The second-order valence-corrected chi connectivity index (χ2v) is 8.36. The number of hydrogen-bond donors (Lipinski definition) is 0. The lowest BCUT2D eigenvalue weighted by molar-refractivity contribution is 0.233. The lowest BCUT2D eigenvalue weighted by Gasteiger charge is -2.33. The molecular weight excluding hydrogens is 340 g/mol. The standard InChI is InChI=1S/C14H21BrN2O2S/c1-3-11-4-6-13(7-5-11)17(2)20(18,19)14-8-12(15)9-16-10-14/h8-11,13H,3-7H2,1-2H3. The summed E-state index contributed by atoms with van der Waals surface area (Å²) >= 11 is 3.27. The molecule has 1 aliphatic carbocycles. The summed E-state index contributed by atoms with van der Waals surface area (Å²) in [6.07, 6.45) is 8.35. The van der Waals surface area contributed by atoms with Crippen LogP contribution in [0.2, 0.25) is 0 Å². The van der Waals surface area contributed by atoms with Crippen LogP contribution in [0, 0.1) is 5.92 Å². The van der Waals surface area contributed by atoms with Gasteiger partial charge in [0.1, 0.15) is 4.90 Å². The zero-order valence-electron chi connectivity index (χ0n) is 11.9. The Morgan fingerprint density at radius 1 is 1.30 bits per heavy atom. The van der Waals surface area contributed by atoms with E-state index in [0.29, 0.717) is 4.47 Å². The van der Waals surface area contributed by atoms with Crippen molar-refractivity contribution >= 4 is 26.0 Å². The average Bonchev–Trinajstić information content (AvgIpc) is 2.46. The molecule has 6 heteroatoms. The molecule has 0 unspecified atom stereocenters. The van der Waals surface area contributed by atoms with Crippen molar-refractivity contribution in [2.45, 2.75) is 50.0 Å². The van der Waals surface area contributed by atoms with Crippen LogP contribution in [0.1, 0.15) is 39.0 Å². The molecule has 0 radical (unpaired) electrons. The zero-order valence-corrected chi connectivity index (χ0v) is 14.3. The molecule has 0 amide bonds. The van der Waals surface area contributed by atoms with E-state index >= 15 is 0 Å². The summed E-state index contributed by atoms with van der Waals surface area (Å²) in [4.78, 5) is 4.21. The van der Waals surface area contributed by atoms with Gasteiger partial charge in [-0.1, -0.05) is 13.3 Å². The minimum absolute atomic E-state index is 0.113. The Morgan fingerprint density at radius 3 is 2.50 bits per heavy atom. The summed E-state index contributed by atoms with van der Waals surface area (Å²) in [7, 11) is -1.76. The Bertz CT molecular complexity index is 554. The van der Waals surface area contributed by atoms with Crippen LogP contribution < -0.4 is 0 Å². The molecule has 0 aromatic carbocycles. The van der Waals surface area contributed by atoms with Crippen molar-refractivity contribution in [2.75, 3.05) is 7.05 Å². The maximum atomic E-state index is 12.6. The Hall–Kier alpha value is -0.460. The van der Waals surface area contributed by atoms with E-state index in [9.17, 15) is 8.42 Å². The molecule has 2 rings (SSSR count). The Morgan fingerprint density at radius 2 is 1.95 bits per heavy atom. The highest BCUT2D eigenvalue weighted by Crippen LogP contribution is 2.31. The number of aromatic nitrogens is 1. The normalized spacial score (nSPS) is 24.0. The fourth-order valence-electron chi connectivity index (χ4n) is 2.81. The first-order chi connectivity index (χ1) is 9.45. The van der Waals surface area contributed by atoms with E-state index in [1.807, 2.05) is 0 Å². The van der Waals surface area contributed by atoms with Crippen molar-refractivity contribution in [1.82, 2.24) is 9.29 Å². The van der Waals surface area contributed by atoms with E-state index in [2.05, 4.69) is 27.8 Å².